The highest BCUT2D eigenvalue weighted by atomic mass is 79.9. The molecule has 0 N–H and O–H groups in total. The first-order chi connectivity index (χ1) is 7.09. The summed E-state index contributed by atoms with van der Waals surface area (Å²) in [6.45, 7) is 3.60. The van der Waals surface area contributed by atoms with Crippen LogP contribution in [-0.2, 0) is 0 Å². The number of urea groups is 1. The van der Waals surface area contributed by atoms with Crippen LogP contribution in [0.25, 0.3) is 0 Å². The Bertz CT molecular complexity index is 406. The molecule has 0 bridgehead atoms. The van der Waals surface area contributed by atoms with Crippen molar-refractivity contribution in [3.05, 3.63) is 28.2 Å². The first-order valence-electron chi connectivity index (χ1n) is 4.88. The number of halogens is 1. The Hall–Kier alpha value is -1.03. The molecule has 1 aliphatic heterocycles. The molecule has 1 saturated heterocycles. The summed E-state index contributed by atoms with van der Waals surface area (Å²) in [4.78, 5) is 15.3. The summed E-state index contributed by atoms with van der Waals surface area (Å²) in [5.74, 6) is 0. The van der Waals surface area contributed by atoms with Crippen molar-refractivity contribution >= 4 is 27.6 Å². The fraction of sp³-hybridized carbons (Fsp3) is 0.364. The molecule has 1 aromatic carbocycles. The zero-order valence-electron chi connectivity index (χ0n) is 8.83. The maximum Gasteiger partial charge on any atom is 0.324 e. The van der Waals surface area contributed by atoms with Crippen LogP contribution in [0.1, 0.15) is 5.56 Å². The minimum Gasteiger partial charge on any atom is -0.326 e. The van der Waals surface area contributed by atoms with Crippen LogP contribution in [0, 0.1) is 6.92 Å². The van der Waals surface area contributed by atoms with Gasteiger partial charge in [0.25, 0.3) is 0 Å². The van der Waals surface area contributed by atoms with Gasteiger partial charge < -0.3 is 4.90 Å². The molecule has 1 fully saturated rings. The zero-order valence-corrected chi connectivity index (χ0v) is 10.4. The molecule has 4 heteroatoms. The minimum atomic E-state index is 0.0837. The lowest BCUT2D eigenvalue weighted by molar-refractivity contribution is 0.229. The van der Waals surface area contributed by atoms with Crippen LogP contribution >= 0.6 is 15.9 Å². The molecule has 2 amide bonds. The smallest absolute Gasteiger partial charge is 0.324 e. The summed E-state index contributed by atoms with van der Waals surface area (Å²) in [6, 6.07) is 6.06. The fourth-order valence-corrected chi connectivity index (χ4v) is 2.27. The van der Waals surface area contributed by atoms with Gasteiger partial charge in [0.2, 0.25) is 0 Å². The maximum absolute atomic E-state index is 11.8. The summed E-state index contributed by atoms with van der Waals surface area (Å²) in [7, 11) is 1.83. The minimum absolute atomic E-state index is 0.0837. The number of anilines is 1. The molecule has 0 saturated carbocycles. The molecule has 0 aromatic heterocycles. The average molecular weight is 269 g/mol. The van der Waals surface area contributed by atoms with E-state index >= 15 is 0 Å². The summed E-state index contributed by atoms with van der Waals surface area (Å²) in [5.41, 5.74) is 2.13. The molecule has 0 radical (unpaired) electrons. The quantitative estimate of drug-likeness (QED) is 0.768. The molecule has 0 atom stereocenters. The first kappa shape index (κ1) is 10.5. The van der Waals surface area contributed by atoms with E-state index in [0.29, 0.717) is 0 Å². The molecule has 1 aliphatic rings. The molecule has 0 aliphatic carbocycles. The third kappa shape index (κ3) is 1.86. The number of carbonyl (C=O) groups excluding carboxylic acids is 1. The monoisotopic (exact) mass is 268 g/mol. The van der Waals surface area contributed by atoms with Crippen molar-refractivity contribution in [2.45, 2.75) is 6.92 Å². The van der Waals surface area contributed by atoms with E-state index in [1.807, 2.05) is 37.1 Å². The van der Waals surface area contributed by atoms with Crippen molar-refractivity contribution in [3.8, 4) is 0 Å². The van der Waals surface area contributed by atoms with Crippen molar-refractivity contribution in [2.24, 2.45) is 0 Å². The van der Waals surface area contributed by atoms with E-state index < -0.39 is 0 Å². The van der Waals surface area contributed by atoms with Gasteiger partial charge in [-0.2, -0.15) is 0 Å². The van der Waals surface area contributed by atoms with E-state index in [2.05, 4.69) is 15.9 Å². The second-order valence-corrected chi connectivity index (χ2v) is 4.70. The van der Waals surface area contributed by atoms with E-state index in [9.17, 15) is 4.79 Å². The Morgan fingerprint density at radius 2 is 2.07 bits per heavy atom. The van der Waals surface area contributed by atoms with Crippen LogP contribution in [-0.4, -0.2) is 31.1 Å². The van der Waals surface area contributed by atoms with Gasteiger partial charge in [0.05, 0.1) is 0 Å². The summed E-state index contributed by atoms with van der Waals surface area (Å²) in [5, 5.41) is 0. The van der Waals surface area contributed by atoms with Crippen molar-refractivity contribution in [1.82, 2.24) is 4.90 Å². The average Bonchev–Trinajstić information content (AvgIpc) is 2.49. The maximum atomic E-state index is 11.8. The number of nitrogens with zero attached hydrogens (tertiary/aromatic N) is 2. The molecule has 1 heterocycles. The van der Waals surface area contributed by atoms with Gasteiger partial charge >= 0.3 is 6.03 Å². The van der Waals surface area contributed by atoms with Gasteiger partial charge in [-0.3, -0.25) is 4.90 Å². The van der Waals surface area contributed by atoms with E-state index in [1.165, 1.54) is 0 Å². The van der Waals surface area contributed by atoms with Gasteiger partial charge in [-0.15, -0.1) is 0 Å². The van der Waals surface area contributed by atoms with Crippen LogP contribution in [0.5, 0.6) is 0 Å². The number of amides is 2. The molecular formula is C11H13BrN2O. The molecule has 1 aromatic rings. The Balaban J connectivity index is 2.34. The molecule has 80 valence electrons. The predicted molar refractivity (Wildman–Crippen MR) is 64.3 cm³/mol. The first-order valence-corrected chi connectivity index (χ1v) is 5.67. The Kier molecular flexibility index (Phi) is 2.69. The highest BCUT2D eigenvalue weighted by Crippen LogP contribution is 2.26. The highest BCUT2D eigenvalue weighted by Gasteiger charge is 2.27. The second-order valence-electron chi connectivity index (χ2n) is 3.79. The normalized spacial score (nSPS) is 16.3. The van der Waals surface area contributed by atoms with Gasteiger partial charge in [0.1, 0.15) is 0 Å². The number of rotatable bonds is 1. The van der Waals surface area contributed by atoms with Crippen LogP contribution in [0.3, 0.4) is 0 Å². The Morgan fingerprint density at radius 3 is 2.60 bits per heavy atom. The van der Waals surface area contributed by atoms with Crippen molar-refractivity contribution in [3.63, 3.8) is 0 Å². The lowest BCUT2D eigenvalue weighted by Gasteiger charge is -2.18. The second kappa shape index (κ2) is 3.85. The zero-order chi connectivity index (χ0) is 11.0. The molecule has 3 nitrogen and oxygen atoms in total. The Labute approximate surface area is 97.8 Å². The SMILES string of the molecule is Cc1cc(Br)ccc1N1CCN(C)C1=O. The number of carbonyl (C=O) groups is 1. The van der Waals surface area contributed by atoms with E-state index in [4.69, 9.17) is 0 Å². The fourth-order valence-electron chi connectivity index (χ4n) is 1.79. The van der Waals surface area contributed by atoms with E-state index in [0.717, 1.165) is 28.8 Å². The van der Waals surface area contributed by atoms with Gasteiger partial charge in [0, 0.05) is 30.3 Å². The number of benzene rings is 1. The van der Waals surface area contributed by atoms with Gasteiger partial charge in [0.15, 0.2) is 0 Å². The number of hydrogen-bond donors (Lipinski definition) is 0. The third-order valence-electron chi connectivity index (χ3n) is 2.67. The summed E-state index contributed by atoms with van der Waals surface area (Å²) < 4.78 is 1.05. The van der Waals surface area contributed by atoms with Gasteiger partial charge in [-0.1, -0.05) is 15.9 Å². The van der Waals surface area contributed by atoms with Crippen LogP contribution in [0.15, 0.2) is 22.7 Å². The Morgan fingerprint density at radius 1 is 1.33 bits per heavy atom. The van der Waals surface area contributed by atoms with Crippen LogP contribution < -0.4 is 4.90 Å². The largest absolute Gasteiger partial charge is 0.326 e. The lowest BCUT2D eigenvalue weighted by Crippen LogP contribution is -2.29. The molecule has 0 unspecified atom stereocenters. The van der Waals surface area contributed by atoms with Crippen molar-refractivity contribution in [2.75, 3.05) is 25.0 Å². The number of likely N-dealkylation sites (N-methyl/N-ethyl adjacent to an activating group) is 1. The van der Waals surface area contributed by atoms with E-state index in [1.54, 1.807) is 4.90 Å². The van der Waals surface area contributed by atoms with Crippen molar-refractivity contribution < 1.29 is 4.79 Å². The third-order valence-corrected chi connectivity index (χ3v) is 3.16. The molecular weight excluding hydrogens is 256 g/mol. The predicted octanol–water partition coefficient (Wildman–Crippen LogP) is 2.63. The molecule has 2 rings (SSSR count). The highest BCUT2D eigenvalue weighted by molar-refractivity contribution is 9.10. The standard InChI is InChI=1S/C11H13BrN2O/c1-8-7-9(12)3-4-10(8)14-6-5-13(2)11(14)15/h3-4,7H,5-6H2,1-2H3. The summed E-state index contributed by atoms with van der Waals surface area (Å²) in [6.07, 6.45) is 0. The topological polar surface area (TPSA) is 23.6 Å². The number of hydrogen-bond acceptors (Lipinski definition) is 1. The number of aryl methyl sites for hydroxylation is 1. The summed E-state index contributed by atoms with van der Waals surface area (Å²) >= 11 is 3.42. The van der Waals surface area contributed by atoms with Crippen molar-refractivity contribution in [1.29, 1.82) is 0 Å². The van der Waals surface area contributed by atoms with E-state index in [-0.39, 0.29) is 6.03 Å². The molecule has 0 spiro atoms. The van der Waals surface area contributed by atoms with Crippen LogP contribution in [0.4, 0.5) is 10.5 Å². The lowest BCUT2D eigenvalue weighted by atomic mass is 10.2. The van der Waals surface area contributed by atoms with Crippen LogP contribution in [0.2, 0.25) is 0 Å². The van der Waals surface area contributed by atoms with Gasteiger partial charge in [-0.05, 0) is 30.7 Å². The van der Waals surface area contributed by atoms with Gasteiger partial charge in [-0.25, -0.2) is 4.79 Å². The molecule has 15 heavy (non-hydrogen) atoms.